The predicted octanol–water partition coefficient (Wildman–Crippen LogP) is 2.31. The summed E-state index contributed by atoms with van der Waals surface area (Å²) in [5.41, 5.74) is 1.47. The van der Waals surface area contributed by atoms with Crippen LogP contribution in [0.15, 0.2) is 29.3 Å². The Bertz CT molecular complexity index is 701. The Labute approximate surface area is 135 Å². The third kappa shape index (κ3) is 3.89. The maximum absolute atomic E-state index is 11.9. The van der Waals surface area contributed by atoms with Crippen LogP contribution in [0.2, 0.25) is 0 Å². The number of hydrogen-bond acceptors (Lipinski definition) is 5. The number of nitrogens with zero attached hydrogens (tertiary/aromatic N) is 1. The molecule has 124 valence electrons. The minimum Gasteiger partial charge on any atom is -0.382 e. The van der Waals surface area contributed by atoms with Crippen LogP contribution in [0, 0.1) is 0 Å². The molecule has 1 aliphatic rings. The molecule has 6 heteroatoms. The summed E-state index contributed by atoms with van der Waals surface area (Å²) < 4.78 is 11.0. The molecule has 2 N–H and O–H groups in total. The van der Waals surface area contributed by atoms with Gasteiger partial charge in [0.2, 0.25) is 0 Å². The largest absolute Gasteiger partial charge is 0.382 e. The lowest BCUT2D eigenvalue weighted by Gasteiger charge is -2.33. The van der Waals surface area contributed by atoms with E-state index in [0.29, 0.717) is 13.2 Å². The number of fused-ring (bicyclic) bond motifs is 1. The number of ether oxygens (including phenoxy) is 2. The number of H-pyrrole nitrogens is 1. The van der Waals surface area contributed by atoms with Crippen molar-refractivity contribution in [1.82, 2.24) is 9.97 Å². The molecule has 2 aromatic rings. The molecule has 6 nitrogen and oxygen atoms in total. The van der Waals surface area contributed by atoms with Crippen LogP contribution in [0.25, 0.3) is 10.9 Å². The summed E-state index contributed by atoms with van der Waals surface area (Å²) in [7, 11) is 1.68. The van der Waals surface area contributed by atoms with Gasteiger partial charge in [-0.1, -0.05) is 12.8 Å². The molecule has 0 unspecified atom stereocenters. The van der Waals surface area contributed by atoms with Gasteiger partial charge in [-0.25, -0.2) is 0 Å². The van der Waals surface area contributed by atoms with Crippen molar-refractivity contribution in [2.45, 2.75) is 37.8 Å². The lowest BCUT2D eigenvalue weighted by Crippen LogP contribution is -2.39. The van der Waals surface area contributed by atoms with Crippen LogP contribution in [0.1, 0.15) is 25.7 Å². The number of methoxy groups -OCH3 is 1. The lowest BCUT2D eigenvalue weighted by atomic mass is 9.92. The van der Waals surface area contributed by atoms with E-state index in [2.05, 4.69) is 15.3 Å². The van der Waals surface area contributed by atoms with Gasteiger partial charge >= 0.3 is 0 Å². The van der Waals surface area contributed by atoms with Crippen molar-refractivity contribution in [3.8, 4) is 0 Å². The Morgan fingerprint density at radius 1 is 1.35 bits per heavy atom. The molecule has 2 heterocycles. The zero-order chi connectivity index (χ0) is 16.1. The van der Waals surface area contributed by atoms with Crippen molar-refractivity contribution >= 4 is 16.6 Å². The van der Waals surface area contributed by atoms with Gasteiger partial charge in [0.15, 0.2) is 0 Å². The van der Waals surface area contributed by atoms with E-state index in [1.54, 1.807) is 25.6 Å². The molecule has 0 aromatic carbocycles. The quantitative estimate of drug-likeness (QED) is 0.800. The number of aromatic nitrogens is 2. The summed E-state index contributed by atoms with van der Waals surface area (Å²) in [6.07, 6.45) is 7.98. The van der Waals surface area contributed by atoms with Gasteiger partial charge in [-0.15, -0.1) is 0 Å². The minimum atomic E-state index is -0.124. The van der Waals surface area contributed by atoms with Gasteiger partial charge < -0.3 is 19.8 Å². The summed E-state index contributed by atoms with van der Waals surface area (Å²) in [6.45, 7) is 1.20. The molecule has 23 heavy (non-hydrogen) atoms. The molecule has 0 saturated heterocycles. The highest BCUT2D eigenvalue weighted by Crippen LogP contribution is 2.27. The summed E-state index contributed by atoms with van der Waals surface area (Å²) in [5.74, 6) is 0. The van der Waals surface area contributed by atoms with Gasteiger partial charge in [0, 0.05) is 30.4 Å². The van der Waals surface area contributed by atoms with Crippen molar-refractivity contribution < 1.29 is 9.47 Å². The van der Waals surface area contributed by atoms with Crippen LogP contribution in [0.3, 0.4) is 0 Å². The molecular weight excluding hydrogens is 294 g/mol. The van der Waals surface area contributed by atoms with E-state index >= 15 is 0 Å². The average Bonchev–Trinajstić information content (AvgIpc) is 2.56. The zero-order valence-corrected chi connectivity index (χ0v) is 13.4. The van der Waals surface area contributed by atoms with Crippen LogP contribution < -0.4 is 10.9 Å². The number of hydrogen-bond donors (Lipinski definition) is 2. The fourth-order valence-corrected chi connectivity index (χ4v) is 3.17. The molecular formula is C17H23N3O3. The third-order valence-corrected chi connectivity index (χ3v) is 4.31. The van der Waals surface area contributed by atoms with Crippen molar-refractivity contribution in [2.24, 2.45) is 0 Å². The molecule has 0 spiro atoms. The SMILES string of the molecule is COCCO[C@@H]1CCCC[C@H]1Nc1cc(=O)[nH]c2cnccc12. The van der Waals surface area contributed by atoms with Crippen molar-refractivity contribution in [3.63, 3.8) is 0 Å². The minimum absolute atomic E-state index is 0.124. The Kier molecular flexibility index (Phi) is 5.25. The first-order valence-electron chi connectivity index (χ1n) is 8.12. The van der Waals surface area contributed by atoms with Crippen molar-refractivity contribution in [3.05, 3.63) is 34.9 Å². The van der Waals surface area contributed by atoms with E-state index in [9.17, 15) is 4.79 Å². The van der Waals surface area contributed by atoms with E-state index in [4.69, 9.17) is 9.47 Å². The van der Waals surface area contributed by atoms with Gasteiger partial charge in [-0.2, -0.15) is 0 Å². The molecule has 2 aromatic heterocycles. The van der Waals surface area contributed by atoms with E-state index in [-0.39, 0.29) is 17.7 Å². The second kappa shape index (κ2) is 7.57. The fourth-order valence-electron chi connectivity index (χ4n) is 3.17. The molecule has 0 aliphatic heterocycles. The summed E-state index contributed by atoms with van der Waals surface area (Å²) in [6, 6.07) is 3.74. The van der Waals surface area contributed by atoms with Crippen LogP contribution in [0.4, 0.5) is 5.69 Å². The standard InChI is InChI=1S/C17H23N3O3/c1-22-8-9-23-16-5-3-2-4-13(16)19-14-10-17(21)20-15-11-18-7-6-12(14)15/h6-7,10-11,13,16H,2-5,8-9H2,1H3,(H2,19,20,21)/t13-,16-/m1/s1. The molecule has 2 atom stereocenters. The van der Waals surface area contributed by atoms with Gasteiger partial charge in [0.05, 0.1) is 37.1 Å². The number of aromatic amines is 1. The monoisotopic (exact) mass is 317 g/mol. The first kappa shape index (κ1) is 16.0. The Morgan fingerprint density at radius 2 is 2.22 bits per heavy atom. The van der Waals surface area contributed by atoms with Gasteiger partial charge in [-0.05, 0) is 18.9 Å². The first-order valence-corrected chi connectivity index (χ1v) is 8.12. The summed E-state index contributed by atoms with van der Waals surface area (Å²) >= 11 is 0. The normalized spacial score (nSPS) is 21.4. The number of anilines is 1. The van der Waals surface area contributed by atoms with Crippen LogP contribution in [0.5, 0.6) is 0 Å². The van der Waals surface area contributed by atoms with Crippen LogP contribution >= 0.6 is 0 Å². The second-order valence-corrected chi connectivity index (χ2v) is 5.91. The van der Waals surface area contributed by atoms with Crippen LogP contribution in [-0.4, -0.2) is 42.4 Å². The highest BCUT2D eigenvalue weighted by atomic mass is 16.5. The van der Waals surface area contributed by atoms with Gasteiger partial charge in [0.1, 0.15) is 0 Å². The molecule has 1 saturated carbocycles. The van der Waals surface area contributed by atoms with Gasteiger partial charge in [-0.3, -0.25) is 9.78 Å². The molecule has 3 rings (SSSR count). The summed E-state index contributed by atoms with van der Waals surface area (Å²) in [4.78, 5) is 18.8. The van der Waals surface area contributed by atoms with Crippen molar-refractivity contribution in [1.29, 1.82) is 0 Å². The number of nitrogens with one attached hydrogen (secondary N) is 2. The van der Waals surface area contributed by atoms with Crippen LogP contribution in [-0.2, 0) is 9.47 Å². The molecule has 0 bridgehead atoms. The number of rotatable bonds is 6. The Hall–Kier alpha value is -1.92. The van der Waals surface area contributed by atoms with E-state index in [1.807, 2.05) is 6.07 Å². The lowest BCUT2D eigenvalue weighted by molar-refractivity contribution is -0.00635. The Balaban J connectivity index is 1.80. The average molecular weight is 317 g/mol. The highest BCUT2D eigenvalue weighted by Gasteiger charge is 2.26. The first-order chi connectivity index (χ1) is 11.3. The van der Waals surface area contributed by atoms with Gasteiger partial charge in [0.25, 0.3) is 5.56 Å². The maximum atomic E-state index is 11.9. The molecule has 1 fully saturated rings. The van der Waals surface area contributed by atoms with E-state index < -0.39 is 0 Å². The smallest absolute Gasteiger partial charge is 0.250 e. The second-order valence-electron chi connectivity index (χ2n) is 5.91. The van der Waals surface area contributed by atoms with Crippen molar-refractivity contribution in [2.75, 3.05) is 25.6 Å². The van der Waals surface area contributed by atoms with E-state index in [1.165, 1.54) is 12.8 Å². The Morgan fingerprint density at radius 3 is 3.09 bits per heavy atom. The summed E-state index contributed by atoms with van der Waals surface area (Å²) in [5, 5.41) is 4.50. The van der Waals surface area contributed by atoms with E-state index in [0.717, 1.165) is 29.4 Å². The fraction of sp³-hybridized carbons (Fsp3) is 0.529. The predicted molar refractivity (Wildman–Crippen MR) is 89.9 cm³/mol. The molecule has 0 radical (unpaired) electrons. The zero-order valence-electron chi connectivity index (χ0n) is 13.4. The molecule has 0 amide bonds. The highest BCUT2D eigenvalue weighted by molar-refractivity contribution is 5.90. The third-order valence-electron chi connectivity index (χ3n) is 4.31. The molecule has 1 aliphatic carbocycles. The number of pyridine rings is 2. The topological polar surface area (TPSA) is 76.2 Å². The maximum Gasteiger partial charge on any atom is 0.250 e.